The molecule has 1 N–H and O–H groups in total. The number of ketones is 1. The highest BCUT2D eigenvalue weighted by Gasteiger charge is 1.94. The lowest BCUT2D eigenvalue weighted by Crippen LogP contribution is -2.01. The number of carbonyl (C=O) groups excluding carboxylic acids is 1. The lowest BCUT2D eigenvalue weighted by molar-refractivity contribution is -0.121. The van der Waals surface area contributed by atoms with Crippen LogP contribution in [0.25, 0.3) is 0 Å². The molecule has 0 rings (SSSR count). The number of Topliss-reactive ketones (excluding diaryl/α,β-unsaturated/α-hetero) is 1. The minimum absolute atomic E-state index is 0.171. The second-order valence-electron chi connectivity index (χ2n) is 2.96. The minimum Gasteiger partial charge on any atom is -0.389 e. The third-order valence-corrected chi connectivity index (χ3v) is 1.61. The van der Waals surface area contributed by atoms with E-state index in [1.165, 1.54) is 0 Å². The smallest absolute Gasteiger partial charge is 0.159 e. The fraction of sp³-hybridized carbons (Fsp3) is 0.500. The maximum atomic E-state index is 10.7. The quantitative estimate of drug-likeness (QED) is 0.726. The highest BCUT2D eigenvalue weighted by Crippen LogP contribution is 1.88. The molecule has 0 amide bonds. The SMILES string of the molecule is CCC#CCC#CCC#CCCC(=O)CO. The summed E-state index contributed by atoms with van der Waals surface area (Å²) in [4.78, 5) is 10.7. The summed E-state index contributed by atoms with van der Waals surface area (Å²) in [5.41, 5.74) is 0. The van der Waals surface area contributed by atoms with Crippen LogP contribution in [0.2, 0.25) is 0 Å². The molecule has 0 saturated heterocycles. The van der Waals surface area contributed by atoms with Crippen molar-refractivity contribution >= 4 is 5.78 Å². The summed E-state index contributed by atoms with van der Waals surface area (Å²) in [5, 5.41) is 8.45. The Labute approximate surface area is 97.4 Å². The van der Waals surface area contributed by atoms with Gasteiger partial charge < -0.3 is 5.11 Å². The van der Waals surface area contributed by atoms with Crippen molar-refractivity contribution in [3.63, 3.8) is 0 Å². The first-order valence-corrected chi connectivity index (χ1v) is 5.31. The van der Waals surface area contributed by atoms with Crippen molar-refractivity contribution in [2.24, 2.45) is 0 Å². The number of hydrogen-bond donors (Lipinski definition) is 1. The van der Waals surface area contributed by atoms with Crippen LogP contribution in [0.1, 0.15) is 39.0 Å². The molecule has 2 heteroatoms. The van der Waals surface area contributed by atoms with Crippen LogP contribution in [0.5, 0.6) is 0 Å². The zero-order valence-electron chi connectivity index (χ0n) is 9.60. The molecule has 0 aliphatic rings. The molecule has 0 unspecified atom stereocenters. The van der Waals surface area contributed by atoms with Gasteiger partial charge in [-0.1, -0.05) is 30.6 Å². The fourth-order valence-electron chi connectivity index (χ4n) is 0.833. The summed E-state index contributed by atoms with van der Waals surface area (Å²) >= 11 is 0. The van der Waals surface area contributed by atoms with Crippen LogP contribution in [0.3, 0.4) is 0 Å². The molecule has 0 fully saturated rings. The summed E-state index contributed by atoms with van der Waals surface area (Å²) < 4.78 is 0. The normalized spacial score (nSPS) is 7.62. The zero-order chi connectivity index (χ0) is 12.1. The van der Waals surface area contributed by atoms with Crippen LogP contribution in [-0.2, 0) is 4.79 Å². The van der Waals surface area contributed by atoms with Crippen molar-refractivity contribution < 1.29 is 9.90 Å². The van der Waals surface area contributed by atoms with Crippen molar-refractivity contribution in [3.05, 3.63) is 0 Å². The highest BCUT2D eigenvalue weighted by molar-refractivity contribution is 5.79. The topological polar surface area (TPSA) is 37.3 Å². The first-order chi connectivity index (χ1) is 7.81. The van der Waals surface area contributed by atoms with E-state index in [2.05, 4.69) is 35.5 Å². The van der Waals surface area contributed by atoms with Crippen molar-refractivity contribution in [1.82, 2.24) is 0 Å². The van der Waals surface area contributed by atoms with E-state index in [1.54, 1.807) is 0 Å². The standard InChI is InChI=1S/C14H16O2/c1-2-3-4-5-6-7-8-9-10-11-12-14(16)13-15/h15H,2,5,8,11-13H2,1H3. The van der Waals surface area contributed by atoms with Gasteiger partial charge in [0, 0.05) is 19.3 Å². The molecule has 0 radical (unpaired) electrons. The van der Waals surface area contributed by atoms with Crippen molar-refractivity contribution in [1.29, 1.82) is 0 Å². The van der Waals surface area contributed by atoms with Gasteiger partial charge in [0.25, 0.3) is 0 Å². The Bertz CT molecular complexity index is 374. The van der Waals surface area contributed by atoms with Crippen LogP contribution in [0.4, 0.5) is 0 Å². The number of carbonyl (C=O) groups is 1. The molecule has 84 valence electrons. The van der Waals surface area contributed by atoms with Crippen LogP contribution in [0.15, 0.2) is 0 Å². The van der Waals surface area contributed by atoms with Gasteiger partial charge in [-0.15, -0.1) is 11.8 Å². The van der Waals surface area contributed by atoms with E-state index in [4.69, 9.17) is 5.11 Å². The van der Waals surface area contributed by atoms with Gasteiger partial charge in [0.15, 0.2) is 5.78 Å². The van der Waals surface area contributed by atoms with Crippen LogP contribution in [0, 0.1) is 35.5 Å². The van der Waals surface area contributed by atoms with E-state index in [0.29, 0.717) is 25.7 Å². The molecule has 0 atom stereocenters. The van der Waals surface area contributed by atoms with Crippen molar-refractivity contribution in [3.8, 4) is 35.5 Å². The second kappa shape index (κ2) is 11.4. The number of aliphatic hydroxyl groups is 1. The predicted octanol–water partition coefficient (Wildman–Crippen LogP) is 1.53. The number of hydrogen-bond acceptors (Lipinski definition) is 2. The van der Waals surface area contributed by atoms with E-state index in [0.717, 1.165) is 6.42 Å². The van der Waals surface area contributed by atoms with Gasteiger partial charge in [0.05, 0.1) is 12.8 Å². The fourth-order valence-corrected chi connectivity index (χ4v) is 0.833. The molecule has 0 spiro atoms. The first-order valence-electron chi connectivity index (χ1n) is 5.31. The van der Waals surface area contributed by atoms with Gasteiger partial charge >= 0.3 is 0 Å². The van der Waals surface area contributed by atoms with E-state index < -0.39 is 6.61 Å². The molecule has 0 aliphatic carbocycles. The van der Waals surface area contributed by atoms with Gasteiger partial charge in [0.1, 0.15) is 6.61 Å². The Morgan fingerprint density at radius 3 is 2.12 bits per heavy atom. The second-order valence-corrected chi connectivity index (χ2v) is 2.96. The summed E-state index contributed by atoms with van der Waals surface area (Å²) in [5.74, 6) is 17.1. The van der Waals surface area contributed by atoms with Gasteiger partial charge in [-0.25, -0.2) is 0 Å². The summed E-state index contributed by atoms with van der Waals surface area (Å²) in [6, 6.07) is 0. The molecule has 16 heavy (non-hydrogen) atoms. The van der Waals surface area contributed by atoms with E-state index in [-0.39, 0.29) is 5.78 Å². The van der Waals surface area contributed by atoms with Crippen molar-refractivity contribution in [2.75, 3.05) is 6.61 Å². The molecule has 0 saturated carbocycles. The molecular formula is C14H16O2. The third kappa shape index (κ3) is 10.4. The maximum Gasteiger partial charge on any atom is 0.159 e. The average Bonchev–Trinajstić information content (AvgIpc) is 2.31. The Morgan fingerprint density at radius 2 is 1.56 bits per heavy atom. The third-order valence-electron chi connectivity index (χ3n) is 1.61. The molecule has 0 aromatic heterocycles. The van der Waals surface area contributed by atoms with Gasteiger partial charge in [0.2, 0.25) is 0 Å². The van der Waals surface area contributed by atoms with Gasteiger partial charge in [-0.3, -0.25) is 4.79 Å². The van der Waals surface area contributed by atoms with Crippen LogP contribution >= 0.6 is 0 Å². The average molecular weight is 216 g/mol. The number of aliphatic hydroxyl groups excluding tert-OH is 1. The van der Waals surface area contributed by atoms with E-state index in [9.17, 15) is 4.79 Å². The molecule has 0 aromatic rings. The summed E-state index contributed by atoms with van der Waals surface area (Å²) in [6.45, 7) is 1.61. The molecule has 0 aliphatic heterocycles. The maximum absolute atomic E-state index is 10.7. The number of rotatable bonds is 3. The van der Waals surface area contributed by atoms with Gasteiger partial charge in [-0.05, 0) is 0 Å². The summed E-state index contributed by atoms with van der Waals surface area (Å²) in [7, 11) is 0. The van der Waals surface area contributed by atoms with Crippen LogP contribution < -0.4 is 0 Å². The largest absolute Gasteiger partial charge is 0.389 e. The molecule has 0 bridgehead atoms. The molecular weight excluding hydrogens is 200 g/mol. The Morgan fingerprint density at radius 1 is 1.00 bits per heavy atom. The van der Waals surface area contributed by atoms with Crippen molar-refractivity contribution in [2.45, 2.75) is 39.0 Å². The van der Waals surface area contributed by atoms with Crippen LogP contribution in [-0.4, -0.2) is 17.5 Å². The molecule has 2 nitrogen and oxygen atoms in total. The Balaban J connectivity index is 3.57. The highest BCUT2D eigenvalue weighted by atomic mass is 16.3. The van der Waals surface area contributed by atoms with E-state index >= 15 is 0 Å². The zero-order valence-corrected chi connectivity index (χ0v) is 9.60. The lowest BCUT2D eigenvalue weighted by Gasteiger charge is -1.87. The lowest BCUT2D eigenvalue weighted by atomic mass is 10.2. The monoisotopic (exact) mass is 216 g/mol. The Hall–Kier alpha value is -1.69. The Kier molecular flexibility index (Phi) is 10.2. The predicted molar refractivity (Wildman–Crippen MR) is 64.2 cm³/mol. The molecule has 0 aromatic carbocycles. The first kappa shape index (κ1) is 14.3. The van der Waals surface area contributed by atoms with E-state index in [1.807, 2.05) is 6.92 Å². The minimum atomic E-state index is -0.391. The van der Waals surface area contributed by atoms with Gasteiger partial charge in [-0.2, -0.15) is 0 Å². The summed E-state index contributed by atoms with van der Waals surface area (Å²) in [6.07, 6.45) is 2.79. The molecule has 0 heterocycles.